The van der Waals surface area contributed by atoms with Crippen molar-refractivity contribution in [1.82, 2.24) is 4.90 Å². The van der Waals surface area contributed by atoms with Crippen LogP contribution in [0.15, 0.2) is 24.3 Å². The van der Waals surface area contributed by atoms with Crippen LogP contribution in [0.25, 0.3) is 0 Å². The maximum atomic E-state index is 11.4. The minimum absolute atomic E-state index is 0.0670. The molecule has 0 amide bonds. The number of ketones is 1. The Hall–Kier alpha value is -1.86. The van der Waals surface area contributed by atoms with Gasteiger partial charge in [0, 0.05) is 5.69 Å². The third-order valence-electron chi connectivity index (χ3n) is 2.10. The van der Waals surface area contributed by atoms with Crippen molar-refractivity contribution in [2.45, 2.75) is 0 Å². The molecule has 0 aliphatic carbocycles. The molecule has 0 radical (unpaired) electrons. The van der Waals surface area contributed by atoms with E-state index < -0.39 is 18.9 Å². The molecule has 18 heavy (non-hydrogen) atoms. The van der Waals surface area contributed by atoms with Crippen molar-refractivity contribution in [1.29, 1.82) is 0 Å². The van der Waals surface area contributed by atoms with Crippen molar-refractivity contribution in [2.75, 3.05) is 26.4 Å². The van der Waals surface area contributed by atoms with Gasteiger partial charge in [-0.15, -0.1) is 0 Å². The molecule has 3 N–H and O–H groups in total. The van der Waals surface area contributed by atoms with Gasteiger partial charge in [0.15, 0.2) is 0 Å². The van der Waals surface area contributed by atoms with Gasteiger partial charge in [0.05, 0.1) is 6.54 Å². The molecule has 1 aromatic carbocycles. The highest BCUT2D eigenvalue weighted by Gasteiger charge is 2.25. The number of nitrogens with two attached hydrogens (primary N) is 1. The summed E-state index contributed by atoms with van der Waals surface area (Å²) in [4.78, 5) is 24.2. The summed E-state index contributed by atoms with van der Waals surface area (Å²) in [7, 11) is 1.81. The van der Waals surface area contributed by atoms with Crippen LogP contribution in [0.3, 0.4) is 0 Å². The number of rotatable bonds is 5. The molecule has 7 heteroatoms. The summed E-state index contributed by atoms with van der Waals surface area (Å²) in [6.07, 6.45) is 0. The van der Waals surface area contributed by atoms with E-state index in [0.717, 1.165) is 0 Å². The van der Waals surface area contributed by atoms with Crippen molar-refractivity contribution in [3.63, 3.8) is 0 Å². The molecular weight excluding hydrogens is 235 g/mol. The van der Waals surface area contributed by atoms with E-state index in [1.54, 1.807) is 32.3 Å². The Kier molecular flexibility index (Phi) is 4.88. The topological polar surface area (TPSA) is 92.9 Å². The van der Waals surface area contributed by atoms with Gasteiger partial charge in [-0.2, -0.15) is 0 Å². The lowest BCUT2D eigenvalue weighted by Gasteiger charge is -2.10. The van der Waals surface area contributed by atoms with E-state index in [9.17, 15) is 14.6 Å². The molecule has 0 aliphatic heterocycles. The largest absolute Gasteiger partial charge is 0.562 e. The number of likely N-dealkylation sites (N-methyl/N-ethyl adjacent to an activating group) is 1. The third kappa shape index (κ3) is 4.19. The first-order chi connectivity index (χ1) is 8.40. The fourth-order valence-corrected chi connectivity index (χ4v) is 1.30. The molecule has 0 heterocycles. The zero-order valence-electron chi connectivity index (χ0n) is 10.3. The SMILES string of the molecule is CN(C)CC(=O)C(=O)OB(O)c1cccc(N)c1. The first-order valence-electron chi connectivity index (χ1n) is 5.32. The van der Waals surface area contributed by atoms with Crippen LogP contribution in [0.2, 0.25) is 0 Å². The van der Waals surface area contributed by atoms with E-state index in [4.69, 9.17) is 5.73 Å². The van der Waals surface area contributed by atoms with Gasteiger partial charge in [0.1, 0.15) is 0 Å². The van der Waals surface area contributed by atoms with Gasteiger partial charge >= 0.3 is 13.1 Å². The summed E-state index contributed by atoms with van der Waals surface area (Å²) in [6.45, 7) is -0.0670. The molecule has 96 valence electrons. The molecule has 6 nitrogen and oxygen atoms in total. The van der Waals surface area contributed by atoms with Gasteiger partial charge in [-0.1, -0.05) is 12.1 Å². The molecule has 0 aromatic heterocycles. The van der Waals surface area contributed by atoms with Gasteiger partial charge in [-0.3, -0.25) is 4.79 Å². The van der Waals surface area contributed by atoms with E-state index in [0.29, 0.717) is 11.2 Å². The number of carbonyl (C=O) groups is 2. The lowest BCUT2D eigenvalue weighted by molar-refractivity contribution is -0.148. The van der Waals surface area contributed by atoms with Crippen molar-refractivity contribution in [3.8, 4) is 0 Å². The quantitative estimate of drug-likeness (QED) is 0.380. The van der Waals surface area contributed by atoms with Crippen LogP contribution in [0.5, 0.6) is 0 Å². The number of hydrogen-bond donors (Lipinski definition) is 2. The highest BCUT2D eigenvalue weighted by atomic mass is 16.6. The molecule has 0 saturated heterocycles. The lowest BCUT2D eigenvalue weighted by Crippen LogP contribution is -2.40. The number of anilines is 1. The molecular formula is C11H15BN2O4. The number of benzene rings is 1. The highest BCUT2D eigenvalue weighted by Crippen LogP contribution is 1.98. The number of nitrogen functional groups attached to an aromatic ring is 1. The van der Waals surface area contributed by atoms with Crippen molar-refractivity contribution in [2.24, 2.45) is 0 Å². The summed E-state index contributed by atoms with van der Waals surface area (Å²) in [5.74, 6) is -1.79. The average molecular weight is 250 g/mol. The Morgan fingerprint density at radius 1 is 1.44 bits per heavy atom. The van der Waals surface area contributed by atoms with E-state index in [2.05, 4.69) is 4.65 Å². The number of hydrogen-bond acceptors (Lipinski definition) is 6. The van der Waals surface area contributed by atoms with Crippen LogP contribution >= 0.6 is 0 Å². The summed E-state index contributed by atoms with van der Waals surface area (Å²) >= 11 is 0. The summed E-state index contributed by atoms with van der Waals surface area (Å²) in [5, 5.41) is 9.63. The Labute approximate surface area is 105 Å². The average Bonchev–Trinajstić information content (AvgIpc) is 2.27. The molecule has 0 aliphatic rings. The Morgan fingerprint density at radius 3 is 2.67 bits per heavy atom. The summed E-state index contributed by atoms with van der Waals surface area (Å²) < 4.78 is 4.64. The summed E-state index contributed by atoms with van der Waals surface area (Å²) in [6, 6.07) is 6.26. The zero-order valence-corrected chi connectivity index (χ0v) is 10.3. The van der Waals surface area contributed by atoms with Gasteiger partial charge < -0.3 is 20.3 Å². The minimum Gasteiger partial charge on any atom is -0.500 e. The van der Waals surface area contributed by atoms with E-state index in [-0.39, 0.29) is 6.54 Å². The minimum atomic E-state index is -1.49. The lowest BCUT2D eigenvalue weighted by atomic mass is 9.79. The highest BCUT2D eigenvalue weighted by molar-refractivity contribution is 6.63. The second kappa shape index (κ2) is 6.18. The molecule has 0 unspecified atom stereocenters. The van der Waals surface area contributed by atoms with Crippen LogP contribution < -0.4 is 11.2 Å². The predicted molar refractivity (Wildman–Crippen MR) is 68.1 cm³/mol. The van der Waals surface area contributed by atoms with Crippen LogP contribution in [0, 0.1) is 0 Å². The van der Waals surface area contributed by atoms with Gasteiger partial charge in [-0.25, -0.2) is 4.79 Å². The predicted octanol–water partition coefficient (Wildman–Crippen LogP) is -1.37. The third-order valence-corrected chi connectivity index (χ3v) is 2.10. The number of carbonyl (C=O) groups excluding carboxylic acids is 2. The molecule has 1 aromatic rings. The van der Waals surface area contributed by atoms with Gasteiger partial charge in [0.25, 0.3) is 5.78 Å². The van der Waals surface area contributed by atoms with Gasteiger partial charge in [-0.05, 0) is 31.7 Å². The Bertz CT molecular complexity index is 450. The van der Waals surface area contributed by atoms with E-state index in [1.807, 2.05) is 0 Å². The fourth-order valence-electron chi connectivity index (χ4n) is 1.30. The monoisotopic (exact) mass is 250 g/mol. The summed E-state index contributed by atoms with van der Waals surface area (Å²) in [5.41, 5.74) is 6.28. The Morgan fingerprint density at radius 2 is 2.11 bits per heavy atom. The first-order valence-corrected chi connectivity index (χ1v) is 5.32. The van der Waals surface area contributed by atoms with Crippen LogP contribution in [-0.2, 0) is 14.2 Å². The van der Waals surface area contributed by atoms with E-state index in [1.165, 1.54) is 11.0 Å². The molecule has 0 bridgehead atoms. The smallest absolute Gasteiger partial charge is 0.500 e. The second-order valence-corrected chi connectivity index (χ2v) is 4.09. The second-order valence-electron chi connectivity index (χ2n) is 4.09. The zero-order chi connectivity index (χ0) is 13.7. The van der Waals surface area contributed by atoms with Crippen LogP contribution in [-0.4, -0.2) is 49.4 Å². The molecule has 1 rings (SSSR count). The number of Topliss-reactive ketones (excluding diaryl/α,β-unsaturated/α-hetero) is 1. The first kappa shape index (κ1) is 14.2. The normalized spacial score (nSPS) is 10.2. The Balaban J connectivity index is 2.62. The standard InChI is InChI=1S/C11H15BN2O4/c1-14(2)7-10(15)11(16)18-12(17)8-4-3-5-9(13)6-8/h3-6,17H,7,13H2,1-2H3. The molecule has 0 saturated carbocycles. The van der Waals surface area contributed by atoms with Crippen LogP contribution in [0.1, 0.15) is 0 Å². The molecule has 0 fully saturated rings. The maximum absolute atomic E-state index is 11.4. The van der Waals surface area contributed by atoms with Gasteiger partial charge in [0.2, 0.25) is 0 Å². The van der Waals surface area contributed by atoms with Crippen molar-refractivity contribution < 1.29 is 19.3 Å². The maximum Gasteiger partial charge on any atom is 0.562 e. The fraction of sp³-hybridized carbons (Fsp3) is 0.273. The van der Waals surface area contributed by atoms with Crippen molar-refractivity contribution >= 4 is 30.0 Å². The molecule has 0 spiro atoms. The van der Waals surface area contributed by atoms with Crippen LogP contribution in [0.4, 0.5) is 5.69 Å². The van der Waals surface area contributed by atoms with E-state index >= 15 is 0 Å². The number of nitrogens with zero attached hydrogens (tertiary/aromatic N) is 1. The van der Waals surface area contributed by atoms with Crippen molar-refractivity contribution in [3.05, 3.63) is 24.3 Å². The molecule has 0 atom stereocenters.